The topological polar surface area (TPSA) is 61.2 Å². The number of nitrogens with zero attached hydrogens (tertiary/aromatic N) is 2. The number of aryl methyl sites for hydroxylation is 1. The van der Waals surface area contributed by atoms with Gasteiger partial charge in [0.2, 0.25) is 0 Å². The number of hydrogen-bond acceptors (Lipinski definition) is 4. The molecule has 1 heterocycles. The summed E-state index contributed by atoms with van der Waals surface area (Å²) in [6.07, 6.45) is 3.28. The molecule has 108 valence electrons. The van der Waals surface area contributed by atoms with Gasteiger partial charge in [-0.15, -0.1) is 0 Å². The SMILES string of the molecule is CCc1nccn1S(=O)(=O)c1cc(Cl)c(OC)cc1Cl. The van der Waals surface area contributed by atoms with Crippen LogP contribution in [0.3, 0.4) is 0 Å². The highest BCUT2D eigenvalue weighted by Gasteiger charge is 2.24. The molecule has 0 aliphatic heterocycles. The van der Waals surface area contributed by atoms with Crippen LogP contribution in [0.2, 0.25) is 10.0 Å². The Hall–Kier alpha value is -1.24. The minimum absolute atomic E-state index is 0.0435. The fraction of sp³-hybridized carbons (Fsp3) is 0.250. The van der Waals surface area contributed by atoms with Gasteiger partial charge in [0.05, 0.1) is 17.2 Å². The fourth-order valence-corrected chi connectivity index (χ4v) is 3.96. The van der Waals surface area contributed by atoms with E-state index in [0.717, 1.165) is 3.97 Å². The van der Waals surface area contributed by atoms with Crippen LogP contribution in [0.5, 0.6) is 5.75 Å². The van der Waals surface area contributed by atoms with Gasteiger partial charge in [-0.2, -0.15) is 0 Å². The summed E-state index contributed by atoms with van der Waals surface area (Å²) >= 11 is 12.0. The summed E-state index contributed by atoms with van der Waals surface area (Å²) in [6.45, 7) is 1.82. The molecule has 0 fully saturated rings. The molecule has 0 saturated heterocycles. The Kier molecular flexibility index (Phi) is 4.27. The van der Waals surface area contributed by atoms with E-state index in [1.54, 1.807) is 0 Å². The first-order valence-corrected chi connectivity index (χ1v) is 7.92. The molecule has 0 saturated carbocycles. The molecule has 0 bridgehead atoms. The second-order valence-corrected chi connectivity index (χ2v) is 6.51. The first-order chi connectivity index (χ1) is 9.41. The zero-order valence-corrected chi connectivity index (χ0v) is 13.1. The third-order valence-corrected chi connectivity index (χ3v) is 5.20. The normalized spacial score (nSPS) is 11.6. The van der Waals surface area contributed by atoms with Crippen molar-refractivity contribution in [3.63, 3.8) is 0 Å². The molecule has 8 heteroatoms. The molecule has 2 rings (SSSR count). The molecule has 1 aromatic heterocycles. The first kappa shape index (κ1) is 15.2. The molecule has 0 unspecified atom stereocenters. The third kappa shape index (κ3) is 2.51. The van der Waals surface area contributed by atoms with Crippen molar-refractivity contribution in [3.05, 3.63) is 40.4 Å². The Bertz CT molecular complexity index is 741. The number of ether oxygens (including phenoxy) is 1. The van der Waals surface area contributed by atoms with E-state index < -0.39 is 10.0 Å². The summed E-state index contributed by atoms with van der Waals surface area (Å²) < 4.78 is 31.3. The summed E-state index contributed by atoms with van der Waals surface area (Å²) in [7, 11) is -2.41. The minimum Gasteiger partial charge on any atom is -0.495 e. The van der Waals surface area contributed by atoms with Crippen LogP contribution < -0.4 is 4.74 Å². The predicted octanol–water partition coefficient (Wildman–Crippen LogP) is 3.00. The zero-order valence-electron chi connectivity index (χ0n) is 10.8. The van der Waals surface area contributed by atoms with E-state index in [1.807, 2.05) is 6.92 Å². The zero-order chi connectivity index (χ0) is 14.9. The number of methoxy groups -OCH3 is 1. The quantitative estimate of drug-likeness (QED) is 0.862. The van der Waals surface area contributed by atoms with Crippen LogP contribution in [0.1, 0.15) is 12.7 Å². The molecular weight excluding hydrogens is 323 g/mol. The van der Waals surface area contributed by atoms with Gasteiger partial charge in [-0.05, 0) is 6.07 Å². The minimum atomic E-state index is -3.83. The van der Waals surface area contributed by atoms with Gasteiger partial charge in [-0.1, -0.05) is 30.1 Å². The van der Waals surface area contributed by atoms with Gasteiger partial charge in [0, 0.05) is 24.9 Å². The van der Waals surface area contributed by atoms with Crippen LogP contribution in [0.4, 0.5) is 0 Å². The average Bonchev–Trinajstić information content (AvgIpc) is 2.89. The van der Waals surface area contributed by atoms with Gasteiger partial charge >= 0.3 is 0 Å². The lowest BCUT2D eigenvalue weighted by molar-refractivity contribution is 0.414. The second kappa shape index (κ2) is 5.63. The molecule has 0 N–H and O–H groups in total. The van der Waals surface area contributed by atoms with E-state index in [4.69, 9.17) is 27.9 Å². The van der Waals surface area contributed by atoms with Crippen molar-refractivity contribution in [3.8, 4) is 5.75 Å². The lowest BCUT2D eigenvalue weighted by Crippen LogP contribution is -2.15. The maximum atomic E-state index is 12.6. The van der Waals surface area contributed by atoms with Crippen LogP contribution >= 0.6 is 23.2 Å². The molecule has 0 amide bonds. The van der Waals surface area contributed by atoms with E-state index >= 15 is 0 Å². The summed E-state index contributed by atoms with van der Waals surface area (Å²) in [5.41, 5.74) is 0. The van der Waals surface area contributed by atoms with E-state index in [9.17, 15) is 8.42 Å². The van der Waals surface area contributed by atoms with Gasteiger partial charge < -0.3 is 4.74 Å². The Balaban J connectivity index is 2.64. The van der Waals surface area contributed by atoms with Gasteiger partial charge in [0.25, 0.3) is 10.0 Å². The van der Waals surface area contributed by atoms with Crippen LogP contribution in [-0.4, -0.2) is 24.5 Å². The highest BCUT2D eigenvalue weighted by Crippen LogP contribution is 2.34. The standard InChI is InChI=1S/C12H12Cl2N2O3S/c1-3-12-15-4-5-16(12)20(17,18)11-7-8(13)10(19-2)6-9(11)14/h4-7H,3H2,1-2H3. The Morgan fingerprint density at radius 2 is 2.00 bits per heavy atom. The first-order valence-electron chi connectivity index (χ1n) is 5.72. The number of hydrogen-bond donors (Lipinski definition) is 0. The van der Waals surface area contributed by atoms with E-state index in [-0.39, 0.29) is 14.9 Å². The van der Waals surface area contributed by atoms with E-state index in [1.165, 1.54) is 31.6 Å². The summed E-state index contributed by atoms with van der Waals surface area (Å²) in [6, 6.07) is 2.65. The lowest BCUT2D eigenvalue weighted by atomic mass is 10.3. The van der Waals surface area contributed by atoms with Crippen molar-refractivity contribution in [1.82, 2.24) is 8.96 Å². The lowest BCUT2D eigenvalue weighted by Gasteiger charge is -2.12. The van der Waals surface area contributed by atoms with Crippen molar-refractivity contribution < 1.29 is 13.2 Å². The molecule has 0 atom stereocenters. The number of aromatic nitrogens is 2. The Morgan fingerprint density at radius 3 is 2.60 bits per heavy atom. The third-order valence-electron chi connectivity index (χ3n) is 2.74. The monoisotopic (exact) mass is 334 g/mol. The average molecular weight is 335 g/mol. The molecule has 0 aliphatic rings. The molecule has 2 aromatic rings. The molecule has 5 nitrogen and oxygen atoms in total. The van der Waals surface area contributed by atoms with Crippen LogP contribution in [0.25, 0.3) is 0 Å². The summed E-state index contributed by atoms with van der Waals surface area (Å²) in [4.78, 5) is 3.91. The van der Waals surface area contributed by atoms with Crippen LogP contribution in [0, 0.1) is 0 Å². The largest absolute Gasteiger partial charge is 0.495 e. The van der Waals surface area contributed by atoms with E-state index in [2.05, 4.69) is 4.98 Å². The van der Waals surface area contributed by atoms with Gasteiger partial charge in [-0.25, -0.2) is 17.4 Å². The second-order valence-electron chi connectivity index (χ2n) is 3.92. The van der Waals surface area contributed by atoms with Crippen molar-refractivity contribution in [2.75, 3.05) is 7.11 Å². The maximum absolute atomic E-state index is 12.6. The fourth-order valence-electron chi connectivity index (χ4n) is 1.76. The molecule has 20 heavy (non-hydrogen) atoms. The number of benzene rings is 1. The van der Waals surface area contributed by atoms with E-state index in [0.29, 0.717) is 18.0 Å². The van der Waals surface area contributed by atoms with Crippen molar-refractivity contribution in [1.29, 1.82) is 0 Å². The predicted molar refractivity (Wildman–Crippen MR) is 77.2 cm³/mol. The van der Waals surface area contributed by atoms with Gasteiger partial charge in [0.1, 0.15) is 16.5 Å². The van der Waals surface area contributed by atoms with Gasteiger partial charge in [0.15, 0.2) is 0 Å². The Labute approximate surface area is 127 Å². The molecule has 0 radical (unpaired) electrons. The number of halogens is 2. The Morgan fingerprint density at radius 1 is 1.30 bits per heavy atom. The van der Waals surface area contributed by atoms with Crippen LogP contribution in [0.15, 0.2) is 29.4 Å². The summed E-state index contributed by atoms with van der Waals surface area (Å²) in [5, 5.41) is 0.218. The maximum Gasteiger partial charge on any atom is 0.270 e. The molecule has 0 aliphatic carbocycles. The van der Waals surface area contributed by atoms with Crippen molar-refractivity contribution in [2.45, 2.75) is 18.2 Å². The highest BCUT2D eigenvalue weighted by molar-refractivity contribution is 7.90. The van der Waals surface area contributed by atoms with Gasteiger partial charge in [-0.3, -0.25) is 0 Å². The van der Waals surface area contributed by atoms with Crippen LogP contribution in [-0.2, 0) is 16.4 Å². The van der Waals surface area contributed by atoms with Crippen molar-refractivity contribution >= 4 is 33.2 Å². The molecule has 1 aromatic carbocycles. The highest BCUT2D eigenvalue weighted by atomic mass is 35.5. The number of rotatable bonds is 4. The number of imidazole rings is 1. The summed E-state index contributed by atoms with van der Waals surface area (Å²) in [5.74, 6) is 0.741. The van der Waals surface area contributed by atoms with Crippen molar-refractivity contribution in [2.24, 2.45) is 0 Å². The smallest absolute Gasteiger partial charge is 0.270 e. The molecule has 0 spiro atoms. The molecular formula is C12H12Cl2N2O3S.